The molecule has 1 heterocycles. The third kappa shape index (κ3) is 3.90. The van der Waals surface area contributed by atoms with E-state index < -0.39 is 12.0 Å². The number of nitrogens with zero attached hydrogens (tertiary/aromatic N) is 5. The molecule has 0 spiro atoms. The summed E-state index contributed by atoms with van der Waals surface area (Å²) < 4.78 is 7.02. The van der Waals surface area contributed by atoms with Crippen LogP contribution in [0.3, 0.4) is 0 Å². The Morgan fingerprint density at radius 2 is 2.19 bits per heavy atom. The summed E-state index contributed by atoms with van der Waals surface area (Å²) in [5.41, 5.74) is 1.16. The molecule has 2 amide bonds. The van der Waals surface area contributed by atoms with Gasteiger partial charge in [-0.15, -0.1) is 5.10 Å². The Labute approximate surface area is 149 Å². The molecule has 26 heavy (non-hydrogen) atoms. The Bertz CT molecular complexity index is 817. The predicted molar refractivity (Wildman–Crippen MR) is 91.6 cm³/mol. The molecular weight excluding hydrogens is 340 g/mol. The highest BCUT2D eigenvalue weighted by Gasteiger charge is 2.30. The maximum Gasteiger partial charge on any atom is 0.321 e. The van der Waals surface area contributed by atoms with Crippen LogP contribution in [0.15, 0.2) is 18.2 Å². The first-order valence-corrected chi connectivity index (χ1v) is 8.20. The van der Waals surface area contributed by atoms with Gasteiger partial charge in [0.2, 0.25) is 0 Å². The molecule has 10 heteroatoms. The van der Waals surface area contributed by atoms with E-state index in [0.717, 1.165) is 18.7 Å². The summed E-state index contributed by atoms with van der Waals surface area (Å²) in [4.78, 5) is 24.1. The topological polar surface area (TPSA) is 122 Å². The molecule has 1 fully saturated rings. The fraction of sp³-hybridized carbons (Fsp3) is 0.438. The van der Waals surface area contributed by atoms with Gasteiger partial charge in [0.15, 0.2) is 5.82 Å². The van der Waals surface area contributed by atoms with E-state index in [1.54, 1.807) is 30.0 Å². The first-order chi connectivity index (χ1) is 12.5. The maximum atomic E-state index is 12.2. The fourth-order valence-corrected chi connectivity index (χ4v) is 2.48. The van der Waals surface area contributed by atoms with Crippen molar-refractivity contribution < 1.29 is 19.4 Å². The normalized spacial score (nSPS) is 13.3. The van der Waals surface area contributed by atoms with Crippen molar-refractivity contribution in [3.63, 3.8) is 0 Å². The number of carbonyl (C=O) groups excluding carboxylic acids is 1. The molecule has 1 aliphatic rings. The lowest BCUT2D eigenvalue weighted by Crippen LogP contribution is -2.33. The summed E-state index contributed by atoms with van der Waals surface area (Å²) in [5.74, 6) is 0.736. The van der Waals surface area contributed by atoms with Crippen LogP contribution in [0.1, 0.15) is 31.0 Å². The van der Waals surface area contributed by atoms with Crippen LogP contribution in [0, 0.1) is 0 Å². The zero-order valence-corrected chi connectivity index (χ0v) is 14.5. The van der Waals surface area contributed by atoms with Gasteiger partial charge < -0.3 is 20.1 Å². The number of rotatable bonds is 7. The minimum atomic E-state index is -0.956. The van der Waals surface area contributed by atoms with Gasteiger partial charge in [-0.3, -0.25) is 4.79 Å². The molecule has 0 radical (unpaired) electrons. The number of nitrogens with one attached hydrogen (secondary N) is 1. The number of tetrazole rings is 1. The largest absolute Gasteiger partial charge is 0.494 e. The van der Waals surface area contributed by atoms with Gasteiger partial charge in [-0.1, -0.05) is 0 Å². The highest BCUT2D eigenvalue weighted by molar-refractivity contribution is 5.90. The number of urea groups is 1. The molecule has 0 saturated heterocycles. The van der Waals surface area contributed by atoms with Crippen molar-refractivity contribution in [3.05, 3.63) is 24.0 Å². The van der Waals surface area contributed by atoms with Gasteiger partial charge in [0.25, 0.3) is 0 Å². The summed E-state index contributed by atoms with van der Waals surface area (Å²) in [7, 11) is 3.09. The Hall–Kier alpha value is -3.17. The van der Waals surface area contributed by atoms with Crippen LogP contribution < -0.4 is 10.1 Å². The summed E-state index contributed by atoms with van der Waals surface area (Å²) >= 11 is 0. The van der Waals surface area contributed by atoms with E-state index >= 15 is 0 Å². The minimum absolute atomic E-state index is 0.114. The van der Waals surface area contributed by atoms with Gasteiger partial charge in [-0.2, -0.15) is 4.68 Å². The van der Waals surface area contributed by atoms with E-state index in [4.69, 9.17) is 9.84 Å². The highest BCUT2D eigenvalue weighted by atomic mass is 16.5. The molecular formula is C16H20N6O4. The van der Waals surface area contributed by atoms with Gasteiger partial charge in [0.1, 0.15) is 11.4 Å². The SMILES string of the molecule is COc1ccc(NC(=O)N(C)CCC(=O)O)cc1-n1nnnc1C1CC1. The van der Waals surface area contributed by atoms with Gasteiger partial charge in [-0.25, -0.2) is 4.79 Å². The van der Waals surface area contributed by atoms with Gasteiger partial charge in [0, 0.05) is 25.2 Å². The van der Waals surface area contributed by atoms with Crippen molar-refractivity contribution in [1.29, 1.82) is 0 Å². The van der Waals surface area contributed by atoms with Gasteiger partial charge >= 0.3 is 12.0 Å². The molecule has 0 bridgehead atoms. The van der Waals surface area contributed by atoms with Crippen LogP contribution >= 0.6 is 0 Å². The van der Waals surface area contributed by atoms with Crippen molar-refractivity contribution in [2.24, 2.45) is 0 Å². The first kappa shape index (κ1) is 17.6. The summed E-state index contributed by atoms with van der Waals surface area (Å²) in [5, 5.41) is 23.3. The molecule has 2 aromatic rings. The number of carbonyl (C=O) groups is 2. The highest BCUT2D eigenvalue weighted by Crippen LogP contribution is 2.40. The number of carboxylic acids is 1. The van der Waals surface area contributed by atoms with Crippen LogP contribution in [-0.4, -0.2) is 62.9 Å². The van der Waals surface area contributed by atoms with E-state index in [1.165, 1.54) is 11.9 Å². The second-order valence-electron chi connectivity index (χ2n) is 6.11. The first-order valence-electron chi connectivity index (χ1n) is 8.20. The Morgan fingerprint density at radius 3 is 2.85 bits per heavy atom. The van der Waals surface area contributed by atoms with Crippen LogP contribution in [0.2, 0.25) is 0 Å². The number of aromatic nitrogens is 4. The summed E-state index contributed by atoms with van der Waals surface area (Å²) in [6.45, 7) is 0.114. The number of carboxylic acid groups (broad SMARTS) is 1. The van der Waals surface area contributed by atoms with Gasteiger partial charge in [-0.05, 0) is 41.5 Å². The lowest BCUT2D eigenvalue weighted by atomic mass is 10.2. The Kier molecular flexibility index (Phi) is 5.01. The standard InChI is InChI=1S/C16H20N6O4/c1-21(8-7-14(23)24)16(25)17-11-5-6-13(26-2)12(9-11)22-15(10-3-4-10)18-19-20-22/h5-6,9-10H,3-4,7-8H2,1-2H3,(H,17,25)(H,23,24). The zero-order chi connectivity index (χ0) is 18.7. The average Bonchev–Trinajstić information content (AvgIpc) is 3.36. The molecule has 3 rings (SSSR count). The predicted octanol–water partition coefficient (Wildman–Crippen LogP) is 1.49. The molecule has 0 unspecified atom stereocenters. The average molecular weight is 360 g/mol. The zero-order valence-electron chi connectivity index (χ0n) is 14.5. The van der Waals surface area contributed by atoms with Crippen molar-refractivity contribution in [1.82, 2.24) is 25.1 Å². The van der Waals surface area contributed by atoms with Gasteiger partial charge in [0.05, 0.1) is 13.5 Å². The lowest BCUT2D eigenvalue weighted by molar-refractivity contribution is -0.137. The lowest BCUT2D eigenvalue weighted by Gasteiger charge is -2.18. The Balaban J connectivity index is 1.80. The van der Waals surface area contributed by atoms with E-state index in [2.05, 4.69) is 20.8 Å². The fourth-order valence-electron chi connectivity index (χ4n) is 2.48. The molecule has 1 saturated carbocycles. The number of amides is 2. The number of methoxy groups -OCH3 is 1. The third-order valence-corrected chi connectivity index (χ3v) is 4.10. The van der Waals surface area contributed by atoms with Crippen molar-refractivity contribution in [3.8, 4) is 11.4 Å². The molecule has 2 N–H and O–H groups in total. The number of hydrogen-bond acceptors (Lipinski definition) is 6. The van der Waals surface area contributed by atoms with E-state index in [-0.39, 0.29) is 13.0 Å². The second kappa shape index (κ2) is 7.38. The van der Waals surface area contributed by atoms with E-state index in [1.807, 2.05) is 0 Å². The van der Waals surface area contributed by atoms with Crippen molar-refractivity contribution in [2.45, 2.75) is 25.2 Å². The molecule has 0 aliphatic heterocycles. The molecule has 1 aromatic heterocycles. The maximum absolute atomic E-state index is 12.2. The number of aliphatic carboxylic acids is 1. The quantitative estimate of drug-likeness (QED) is 0.767. The number of benzene rings is 1. The third-order valence-electron chi connectivity index (χ3n) is 4.10. The van der Waals surface area contributed by atoms with Crippen molar-refractivity contribution in [2.75, 3.05) is 26.0 Å². The number of hydrogen-bond donors (Lipinski definition) is 2. The van der Waals surface area contributed by atoms with Crippen LogP contribution in [0.5, 0.6) is 5.75 Å². The second-order valence-corrected chi connectivity index (χ2v) is 6.11. The summed E-state index contributed by atoms with van der Waals surface area (Å²) in [6.07, 6.45) is 1.98. The Morgan fingerprint density at radius 1 is 1.42 bits per heavy atom. The monoisotopic (exact) mass is 360 g/mol. The van der Waals surface area contributed by atoms with Crippen LogP contribution in [-0.2, 0) is 4.79 Å². The molecule has 0 atom stereocenters. The molecule has 10 nitrogen and oxygen atoms in total. The minimum Gasteiger partial charge on any atom is -0.494 e. The molecule has 1 aliphatic carbocycles. The molecule has 138 valence electrons. The smallest absolute Gasteiger partial charge is 0.321 e. The molecule has 1 aromatic carbocycles. The van der Waals surface area contributed by atoms with E-state index in [0.29, 0.717) is 23.0 Å². The van der Waals surface area contributed by atoms with Crippen molar-refractivity contribution >= 4 is 17.7 Å². The van der Waals surface area contributed by atoms with Crippen LogP contribution in [0.4, 0.5) is 10.5 Å². The summed E-state index contributed by atoms with van der Waals surface area (Å²) in [6, 6.07) is 4.75. The number of ether oxygens (including phenoxy) is 1. The van der Waals surface area contributed by atoms with Crippen LogP contribution in [0.25, 0.3) is 5.69 Å². The number of anilines is 1. The van der Waals surface area contributed by atoms with E-state index in [9.17, 15) is 9.59 Å².